The minimum Gasteiger partial charge on any atom is -0.361 e. The van der Waals surface area contributed by atoms with Gasteiger partial charge in [-0.2, -0.15) is 0 Å². The molecule has 0 amide bonds. The number of H-pyrrole nitrogens is 1. The number of aromatic nitrogens is 2. The normalized spacial score (nSPS) is 10.9. The molecule has 0 aliphatic rings. The Hall–Kier alpha value is -1.40. The Morgan fingerprint density at radius 3 is 2.88 bits per heavy atom. The standard InChI is InChI=1S/C10H13N3O2S/c1-6-9(7(2)15-13-6)4-11-3-8-5-16-10(14)12-8/h5,11H,3-4H2,1-2H3,(H,12,14). The van der Waals surface area contributed by atoms with Gasteiger partial charge in [-0.3, -0.25) is 4.79 Å². The average Bonchev–Trinajstić information content (AvgIpc) is 2.78. The highest BCUT2D eigenvalue weighted by atomic mass is 32.1. The van der Waals surface area contributed by atoms with Crippen LogP contribution in [0.4, 0.5) is 0 Å². The Kier molecular flexibility index (Phi) is 3.21. The third-order valence-corrected chi connectivity index (χ3v) is 3.09. The number of nitrogens with one attached hydrogen (secondary N) is 2. The smallest absolute Gasteiger partial charge is 0.304 e. The second-order valence-corrected chi connectivity index (χ2v) is 4.42. The molecule has 6 heteroatoms. The quantitative estimate of drug-likeness (QED) is 0.844. The summed E-state index contributed by atoms with van der Waals surface area (Å²) in [5, 5.41) is 8.93. The van der Waals surface area contributed by atoms with E-state index in [1.807, 2.05) is 19.2 Å². The molecule has 0 unspecified atom stereocenters. The molecule has 0 radical (unpaired) electrons. The van der Waals surface area contributed by atoms with Gasteiger partial charge in [0.25, 0.3) is 0 Å². The van der Waals surface area contributed by atoms with Crippen molar-refractivity contribution < 1.29 is 4.52 Å². The van der Waals surface area contributed by atoms with Gasteiger partial charge in [-0.25, -0.2) is 0 Å². The molecule has 0 fully saturated rings. The van der Waals surface area contributed by atoms with Crippen molar-refractivity contribution in [1.29, 1.82) is 0 Å². The molecule has 86 valence electrons. The minimum atomic E-state index is -0.0193. The summed E-state index contributed by atoms with van der Waals surface area (Å²) in [6.07, 6.45) is 0. The predicted octanol–water partition coefficient (Wildman–Crippen LogP) is 1.33. The van der Waals surface area contributed by atoms with Gasteiger partial charge in [-0.1, -0.05) is 16.5 Å². The van der Waals surface area contributed by atoms with Gasteiger partial charge in [0.05, 0.1) is 5.69 Å². The Morgan fingerprint density at radius 1 is 1.50 bits per heavy atom. The molecule has 2 aromatic heterocycles. The molecule has 2 aromatic rings. The van der Waals surface area contributed by atoms with Gasteiger partial charge in [0.2, 0.25) is 0 Å². The van der Waals surface area contributed by atoms with Gasteiger partial charge in [0, 0.05) is 29.7 Å². The first-order valence-corrected chi connectivity index (χ1v) is 5.84. The van der Waals surface area contributed by atoms with Crippen LogP contribution in [0, 0.1) is 13.8 Å². The zero-order valence-corrected chi connectivity index (χ0v) is 9.98. The van der Waals surface area contributed by atoms with Crippen LogP contribution in [0.1, 0.15) is 22.7 Å². The Balaban J connectivity index is 1.91. The molecule has 16 heavy (non-hydrogen) atoms. The first-order chi connectivity index (χ1) is 7.66. The largest absolute Gasteiger partial charge is 0.361 e. The highest BCUT2D eigenvalue weighted by molar-refractivity contribution is 7.07. The topological polar surface area (TPSA) is 70.9 Å². The van der Waals surface area contributed by atoms with Crippen molar-refractivity contribution in [2.75, 3.05) is 0 Å². The highest BCUT2D eigenvalue weighted by Gasteiger charge is 2.07. The van der Waals surface area contributed by atoms with Crippen molar-refractivity contribution in [3.05, 3.63) is 37.8 Å². The van der Waals surface area contributed by atoms with Gasteiger partial charge in [-0.05, 0) is 13.8 Å². The maximum absolute atomic E-state index is 10.9. The average molecular weight is 239 g/mol. The lowest BCUT2D eigenvalue weighted by Crippen LogP contribution is -2.14. The van der Waals surface area contributed by atoms with E-state index in [1.54, 1.807) is 0 Å². The van der Waals surface area contributed by atoms with Gasteiger partial charge < -0.3 is 14.8 Å². The molecule has 0 aromatic carbocycles. The summed E-state index contributed by atoms with van der Waals surface area (Å²) in [5.74, 6) is 0.837. The summed E-state index contributed by atoms with van der Waals surface area (Å²) in [4.78, 5) is 13.6. The second-order valence-electron chi connectivity index (χ2n) is 3.58. The lowest BCUT2D eigenvalue weighted by atomic mass is 10.2. The summed E-state index contributed by atoms with van der Waals surface area (Å²) in [6.45, 7) is 5.14. The van der Waals surface area contributed by atoms with Gasteiger partial charge in [0.1, 0.15) is 5.76 Å². The Bertz CT molecular complexity index is 507. The maximum atomic E-state index is 10.9. The van der Waals surface area contributed by atoms with Crippen molar-refractivity contribution >= 4 is 11.3 Å². The first-order valence-electron chi connectivity index (χ1n) is 4.96. The highest BCUT2D eigenvalue weighted by Crippen LogP contribution is 2.11. The summed E-state index contributed by atoms with van der Waals surface area (Å²) < 4.78 is 5.06. The van der Waals surface area contributed by atoms with Crippen molar-refractivity contribution in [2.45, 2.75) is 26.9 Å². The van der Waals surface area contributed by atoms with Crippen LogP contribution < -0.4 is 10.2 Å². The van der Waals surface area contributed by atoms with E-state index in [0.29, 0.717) is 13.1 Å². The van der Waals surface area contributed by atoms with Gasteiger partial charge in [-0.15, -0.1) is 0 Å². The number of aryl methyl sites for hydroxylation is 2. The van der Waals surface area contributed by atoms with Crippen molar-refractivity contribution in [3.63, 3.8) is 0 Å². The van der Waals surface area contributed by atoms with Crippen molar-refractivity contribution in [2.24, 2.45) is 0 Å². The third-order valence-electron chi connectivity index (χ3n) is 2.37. The minimum absolute atomic E-state index is 0.0193. The molecule has 0 saturated heterocycles. The molecule has 0 aliphatic carbocycles. The summed E-state index contributed by atoms with van der Waals surface area (Å²) in [6, 6.07) is 0. The number of aromatic amines is 1. The number of hydrogen-bond donors (Lipinski definition) is 2. The van der Waals surface area contributed by atoms with Crippen molar-refractivity contribution in [1.82, 2.24) is 15.5 Å². The fourth-order valence-electron chi connectivity index (χ4n) is 1.48. The summed E-state index contributed by atoms with van der Waals surface area (Å²) >= 11 is 1.18. The van der Waals surface area contributed by atoms with Crippen LogP contribution in [0.25, 0.3) is 0 Å². The van der Waals surface area contributed by atoms with Crippen LogP contribution in [0.3, 0.4) is 0 Å². The van der Waals surface area contributed by atoms with Crippen molar-refractivity contribution in [3.8, 4) is 0 Å². The Labute approximate surface area is 96.5 Å². The van der Waals surface area contributed by atoms with E-state index < -0.39 is 0 Å². The lowest BCUT2D eigenvalue weighted by molar-refractivity contribution is 0.392. The first kappa shape index (κ1) is 11.1. The van der Waals surface area contributed by atoms with E-state index in [4.69, 9.17) is 4.52 Å². The van der Waals surface area contributed by atoms with E-state index in [0.717, 1.165) is 22.7 Å². The fraction of sp³-hybridized carbons (Fsp3) is 0.400. The van der Waals surface area contributed by atoms with E-state index in [-0.39, 0.29) is 4.87 Å². The summed E-state index contributed by atoms with van der Waals surface area (Å²) in [7, 11) is 0. The van der Waals surface area contributed by atoms with Gasteiger partial charge >= 0.3 is 4.87 Å². The van der Waals surface area contributed by atoms with E-state index in [2.05, 4.69) is 15.5 Å². The zero-order chi connectivity index (χ0) is 11.5. The van der Waals surface area contributed by atoms with Crippen LogP contribution in [0.15, 0.2) is 14.7 Å². The van der Waals surface area contributed by atoms with E-state index >= 15 is 0 Å². The van der Waals surface area contributed by atoms with Crippen LogP contribution >= 0.6 is 11.3 Å². The van der Waals surface area contributed by atoms with E-state index in [1.165, 1.54) is 11.3 Å². The van der Waals surface area contributed by atoms with E-state index in [9.17, 15) is 4.79 Å². The van der Waals surface area contributed by atoms with Crippen LogP contribution in [-0.2, 0) is 13.1 Å². The van der Waals surface area contributed by atoms with Crippen LogP contribution in [0.2, 0.25) is 0 Å². The zero-order valence-electron chi connectivity index (χ0n) is 9.16. The predicted molar refractivity (Wildman–Crippen MR) is 61.5 cm³/mol. The monoisotopic (exact) mass is 239 g/mol. The molecule has 0 spiro atoms. The molecular formula is C10H13N3O2S. The summed E-state index contributed by atoms with van der Waals surface area (Å²) in [5.41, 5.74) is 2.89. The molecular weight excluding hydrogens is 226 g/mol. The lowest BCUT2D eigenvalue weighted by Gasteiger charge is -2.01. The molecule has 0 bridgehead atoms. The molecule has 5 nitrogen and oxygen atoms in total. The SMILES string of the molecule is Cc1noc(C)c1CNCc1csc(=O)[nH]1. The molecule has 2 heterocycles. The fourth-order valence-corrected chi connectivity index (χ4v) is 2.06. The number of nitrogens with zero attached hydrogens (tertiary/aromatic N) is 1. The number of thiazole rings is 1. The molecule has 0 saturated carbocycles. The maximum Gasteiger partial charge on any atom is 0.304 e. The van der Waals surface area contributed by atoms with Crippen LogP contribution in [-0.4, -0.2) is 10.1 Å². The van der Waals surface area contributed by atoms with Crippen LogP contribution in [0.5, 0.6) is 0 Å². The third kappa shape index (κ3) is 2.40. The second kappa shape index (κ2) is 4.63. The molecule has 2 rings (SSSR count). The molecule has 2 N–H and O–H groups in total. The number of rotatable bonds is 4. The number of hydrogen-bond acceptors (Lipinski definition) is 5. The molecule has 0 atom stereocenters. The van der Waals surface area contributed by atoms with Gasteiger partial charge in [0.15, 0.2) is 0 Å². The Morgan fingerprint density at radius 2 is 2.31 bits per heavy atom. The molecule has 0 aliphatic heterocycles.